The number of esters is 1. The summed E-state index contributed by atoms with van der Waals surface area (Å²) in [7, 11) is 0. The van der Waals surface area contributed by atoms with Crippen molar-refractivity contribution in [1.82, 2.24) is 9.61 Å². The third-order valence-electron chi connectivity index (χ3n) is 2.57. The molecule has 0 aromatic carbocycles. The van der Waals surface area contributed by atoms with Gasteiger partial charge in [-0.25, -0.2) is 4.52 Å². The van der Waals surface area contributed by atoms with E-state index in [0.29, 0.717) is 6.29 Å². The summed E-state index contributed by atoms with van der Waals surface area (Å²) in [6.45, 7) is 0.950. The number of nitrogens with zero attached hydrogens (tertiary/aromatic N) is 2. The van der Waals surface area contributed by atoms with Crippen molar-refractivity contribution >= 4 is 17.8 Å². The predicted molar refractivity (Wildman–Crippen MR) is 61.1 cm³/mol. The molecule has 0 N–H and O–H groups in total. The molecule has 0 saturated carbocycles. The number of rotatable bonds is 3. The van der Waals surface area contributed by atoms with Crippen molar-refractivity contribution in [3.8, 4) is 0 Å². The molecule has 0 aliphatic rings. The molecule has 2 aromatic heterocycles. The number of aromatic nitrogens is 2. The molecule has 0 fully saturated rings. The minimum Gasteiger partial charge on any atom is -0.459 e. The van der Waals surface area contributed by atoms with E-state index >= 15 is 0 Å². The molecule has 0 atom stereocenters. The number of alkyl halides is 3. The van der Waals surface area contributed by atoms with E-state index < -0.39 is 17.8 Å². The summed E-state index contributed by atoms with van der Waals surface area (Å²) < 4.78 is 43.7. The van der Waals surface area contributed by atoms with Crippen molar-refractivity contribution in [2.24, 2.45) is 0 Å². The summed E-state index contributed by atoms with van der Waals surface area (Å²) in [4.78, 5) is 21.6. The molecule has 20 heavy (non-hydrogen) atoms. The summed E-state index contributed by atoms with van der Waals surface area (Å²) in [5.74, 6) is -0.569. The van der Waals surface area contributed by atoms with Crippen LogP contribution in [0.25, 0.3) is 5.52 Å². The Balaban J connectivity index is 2.57. The lowest BCUT2D eigenvalue weighted by Gasteiger charge is -2.06. The molecule has 8 heteroatoms. The topological polar surface area (TPSA) is 60.7 Å². The normalized spacial score (nSPS) is 11.6. The van der Waals surface area contributed by atoms with Gasteiger partial charge in [0.2, 0.25) is 0 Å². The van der Waals surface area contributed by atoms with Gasteiger partial charge in [0, 0.05) is 12.5 Å². The fourth-order valence-corrected chi connectivity index (χ4v) is 1.67. The summed E-state index contributed by atoms with van der Waals surface area (Å²) in [6, 6.07) is 3.51. The molecule has 2 rings (SSSR count). The lowest BCUT2D eigenvalue weighted by atomic mass is 10.2. The van der Waals surface area contributed by atoms with Gasteiger partial charge in [0.25, 0.3) is 0 Å². The molecule has 0 radical (unpaired) electrons. The van der Waals surface area contributed by atoms with E-state index in [9.17, 15) is 22.8 Å². The van der Waals surface area contributed by atoms with E-state index in [1.807, 2.05) is 0 Å². The lowest BCUT2D eigenvalue weighted by molar-refractivity contribution is -0.143. The van der Waals surface area contributed by atoms with Gasteiger partial charge in [-0.15, -0.1) is 0 Å². The second kappa shape index (κ2) is 4.95. The van der Waals surface area contributed by atoms with Gasteiger partial charge in [0.15, 0.2) is 12.0 Å². The lowest BCUT2D eigenvalue weighted by Crippen LogP contribution is -2.08. The molecule has 0 aliphatic heterocycles. The van der Waals surface area contributed by atoms with Crippen LogP contribution in [0, 0.1) is 0 Å². The second-order valence-corrected chi connectivity index (χ2v) is 4.00. The van der Waals surface area contributed by atoms with Crippen LogP contribution in [0.5, 0.6) is 0 Å². The molecule has 0 amide bonds. The highest BCUT2D eigenvalue weighted by Gasteiger charge is 2.34. The van der Waals surface area contributed by atoms with Crippen LogP contribution in [0.3, 0.4) is 0 Å². The minimum atomic E-state index is -4.62. The molecule has 2 heterocycles. The van der Waals surface area contributed by atoms with Crippen molar-refractivity contribution < 1.29 is 27.5 Å². The van der Waals surface area contributed by atoms with Crippen molar-refractivity contribution in [3.63, 3.8) is 0 Å². The number of carbonyl (C=O) groups is 2. The number of pyridine rings is 1. The highest BCUT2D eigenvalue weighted by molar-refractivity contribution is 5.86. The van der Waals surface area contributed by atoms with E-state index in [1.54, 1.807) is 0 Å². The molecule has 2 aromatic rings. The van der Waals surface area contributed by atoms with Gasteiger partial charge in [-0.1, -0.05) is 0 Å². The van der Waals surface area contributed by atoms with Crippen LogP contribution in [0.2, 0.25) is 0 Å². The third kappa shape index (κ3) is 2.63. The van der Waals surface area contributed by atoms with E-state index in [1.165, 1.54) is 19.1 Å². The van der Waals surface area contributed by atoms with Gasteiger partial charge in [-0.2, -0.15) is 18.3 Å². The molecular formula is C12H9F3N2O3. The SMILES string of the molecule is CC(=O)OCc1ccc(C=O)c2cc(C(F)(F)F)nn12. The van der Waals surface area contributed by atoms with E-state index in [2.05, 4.69) is 5.10 Å². The first kappa shape index (κ1) is 14.0. The maximum Gasteiger partial charge on any atom is 0.435 e. The fourth-order valence-electron chi connectivity index (χ4n) is 1.67. The Morgan fingerprint density at radius 3 is 2.70 bits per heavy atom. The summed E-state index contributed by atoms with van der Waals surface area (Å²) >= 11 is 0. The number of hydrogen-bond acceptors (Lipinski definition) is 4. The van der Waals surface area contributed by atoms with Crippen LogP contribution < -0.4 is 0 Å². The molecule has 0 aliphatic carbocycles. The number of halogens is 3. The van der Waals surface area contributed by atoms with Crippen molar-refractivity contribution in [3.05, 3.63) is 35.2 Å². The fraction of sp³-hybridized carbons (Fsp3) is 0.250. The average molecular weight is 286 g/mol. The van der Waals surface area contributed by atoms with Crippen LogP contribution in [-0.2, 0) is 22.3 Å². The number of ether oxygens (including phenoxy) is 1. The van der Waals surface area contributed by atoms with Crippen molar-refractivity contribution in [2.75, 3.05) is 0 Å². The summed E-state index contributed by atoms with van der Waals surface area (Å²) in [5.41, 5.74) is -0.802. The molecule has 0 spiro atoms. The van der Waals surface area contributed by atoms with Gasteiger partial charge >= 0.3 is 12.1 Å². The predicted octanol–water partition coefficient (Wildman–Crippen LogP) is 2.23. The van der Waals surface area contributed by atoms with Crippen LogP contribution in [0.4, 0.5) is 13.2 Å². The van der Waals surface area contributed by atoms with Gasteiger partial charge in [-0.3, -0.25) is 9.59 Å². The number of hydrogen-bond donors (Lipinski definition) is 0. The largest absolute Gasteiger partial charge is 0.459 e. The van der Waals surface area contributed by atoms with Crippen molar-refractivity contribution in [1.29, 1.82) is 0 Å². The summed E-state index contributed by atoms with van der Waals surface area (Å²) in [5, 5.41) is 3.41. The Morgan fingerprint density at radius 2 is 2.15 bits per heavy atom. The highest BCUT2D eigenvalue weighted by atomic mass is 19.4. The van der Waals surface area contributed by atoms with Crippen LogP contribution in [-0.4, -0.2) is 21.9 Å². The minimum absolute atomic E-state index is 0.0111. The van der Waals surface area contributed by atoms with Gasteiger partial charge in [-0.05, 0) is 18.2 Å². The molecule has 0 bridgehead atoms. The first-order valence-electron chi connectivity index (χ1n) is 5.50. The molecular weight excluding hydrogens is 277 g/mol. The molecule has 106 valence electrons. The van der Waals surface area contributed by atoms with E-state index in [4.69, 9.17) is 4.74 Å². The Bertz CT molecular complexity index is 676. The highest BCUT2D eigenvalue weighted by Crippen LogP contribution is 2.29. The number of carbonyl (C=O) groups excluding carboxylic acids is 2. The zero-order valence-electron chi connectivity index (χ0n) is 10.3. The third-order valence-corrected chi connectivity index (χ3v) is 2.57. The second-order valence-electron chi connectivity index (χ2n) is 4.00. The molecule has 0 unspecified atom stereocenters. The Hall–Kier alpha value is -2.38. The maximum absolute atomic E-state index is 12.7. The van der Waals surface area contributed by atoms with E-state index in [0.717, 1.165) is 10.6 Å². The van der Waals surface area contributed by atoms with Gasteiger partial charge < -0.3 is 4.74 Å². The first-order valence-corrected chi connectivity index (χ1v) is 5.50. The monoisotopic (exact) mass is 286 g/mol. The Labute approximate surface area is 110 Å². The van der Waals surface area contributed by atoms with Crippen LogP contribution >= 0.6 is 0 Å². The molecule has 5 nitrogen and oxygen atoms in total. The van der Waals surface area contributed by atoms with Crippen LogP contribution in [0.15, 0.2) is 18.2 Å². The first-order chi connectivity index (χ1) is 9.32. The Kier molecular flexibility index (Phi) is 3.47. The quantitative estimate of drug-likeness (QED) is 0.641. The van der Waals surface area contributed by atoms with Gasteiger partial charge in [0.1, 0.15) is 6.61 Å². The standard InChI is InChI=1S/C12H9F3N2O3/c1-7(19)20-6-9-3-2-8(5-18)10-4-11(12(13,14)15)16-17(9)10/h2-5H,6H2,1H3. The maximum atomic E-state index is 12.7. The summed E-state index contributed by atoms with van der Waals surface area (Å²) in [6.07, 6.45) is -4.18. The Morgan fingerprint density at radius 1 is 1.45 bits per heavy atom. The molecule has 0 saturated heterocycles. The smallest absolute Gasteiger partial charge is 0.435 e. The van der Waals surface area contributed by atoms with Crippen molar-refractivity contribution in [2.45, 2.75) is 19.7 Å². The average Bonchev–Trinajstić information content (AvgIpc) is 2.80. The number of fused-ring (bicyclic) bond motifs is 1. The van der Waals surface area contributed by atoms with Gasteiger partial charge in [0.05, 0.1) is 11.2 Å². The zero-order valence-corrected chi connectivity index (χ0v) is 10.3. The number of aldehydes is 1. The van der Waals surface area contributed by atoms with E-state index in [-0.39, 0.29) is 23.4 Å². The zero-order chi connectivity index (χ0) is 14.9. The van der Waals surface area contributed by atoms with Crippen LogP contribution in [0.1, 0.15) is 28.7 Å².